The molecule has 0 radical (unpaired) electrons. The smallest absolute Gasteiger partial charge is 0.397 e. The molecule has 0 spiro atoms. The summed E-state index contributed by atoms with van der Waals surface area (Å²) >= 11 is 0. The summed E-state index contributed by atoms with van der Waals surface area (Å²) in [6.45, 7) is 0. The molecule has 2 aromatic rings. The molecule has 0 aliphatic rings. The predicted octanol–water partition coefficient (Wildman–Crippen LogP) is 4.37. The van der Waals surface area contributed by atoms with Gasteiger partial charge in [-0.15, -0.1) is 0 Å². The topological polar surface area (TPSA) is 38.9 Å². The molecule has 0 saturated heterocycles. The number of aromatic nitrogens is 1. The van der Waals surface area contributed by atoms with Crippen LogP contribution in [0.2, 0.25) is 0 Å². The molecule has 2 nitrogen and oxygen atoms in total. The molecule has 1 heterocycles. The van der Waals surface area contributed by atoms with Crippen LogP contribution in [0.4, 0.5) is 32.0 Å². The van der Waals surface area contributed by atoms with Crippen LogP contribution in [-0.2, 0) is 12.4 Å². The number of halogens is 6. The van der Waals surface area contributed by atoms with Crippen LogP contribution in [0.5, 0.6) is 0 Å². The van der Waals surface area contributed by atoms with Gasteiger partial charge in [-0.2, -0.15) is 26.3 Å². The van der Waals surface area contributed by atoms with E-state index < -0.39 is 34.7 Å². The van der Waals surface area contributed by atoms with Crippen LogP contribution in [0.3, 0.4) is 0 Å². The summed E-state index contributed by atoms with van der Waals surface area (Å²) < 4.78 is 77.6. The predicted molar refractivity (Wildman–Crippen MR) is 64.1 cm³/mol. The molecular formula is C13H8F6N2. The first-order chi connectivity index (χ1) is 9.60. The number of nitrogen functional groups attached to an aromatic ring is 1. The van der Waals surface area contributed by atoms with Crippen LogP contribution in [0.1, 0.15) is 11.1 Å². The first-order valence-corrected chi connectivity index (χ1v) is 5.60. The summed E-state index contributed by atoms with van der Waals surface area (Å²) in [5, 5.41) is 0. The van der Waals surface area contributed by atoms with Gasteiger partial charge in [-0.25, -0.2) is 0 Å². The second-order valence-corrected chi connectivity index (χ2v) is 4.21. The lowest BCUT2D eigenvalue weighted by atomic mass is 9.99. The standard InChI is InChI=1S/C13H8F6N2/c14-12(15,16)9-4-2-1-3-8(9)11-10(13(17,18)19)5-7(20)6-21-11/h1-6H,20H2. The van der Waals surface area contributed by atoms with E-state index in [0.717, 1.165) is 18.3 Å². The van der Waals surface area contributed by atoms with Crippen molar-refractivity contribution in [3.05, 3.63) is 47.7 Å². The van der Waals surface area contributed by atoms with Crippen molar-refractivity contribution in [1.82, 2.24) is 4.98 Å². The highest BCUT2D eigenvalue weighted by Gasteiger charge is 2.39. The minimum absolute atomic E-state index is 0.282. The third-order valence-electron chi connectivity index (χ3n) is 2.70. The fourth-order valence-electron chi connectivity index (χ4n) is 1.85. The van der Waals surface area contributed by atoms with Gasteiger partial charge in [-0.1, -0.05) is 18.2 Å². The van der Waals surface area contributed by atoms with E-state index in [1.165, 1.54) is 6.07 Å². The summed E-state index contributed by atoms with van der Waals surface area (Å²) in [6, 6.07) is 4.51. The van der Waals surface area contributed by atoms with Gasteiger partial charge in [0.15, 0.2) is 0 Å². The molecule has 0 aliphatic carbocycles. The van der Waals surface area contributed by atoms with Gasteiger partial charge in [0.1, 0.15) is 0 Å². The number of pyridine rings is 1. The Hall–Kier alpha value is -2.25. The van der Waals surface area contributed by atoms with Crippen molar-refractivity contribution >= 4 is 5.69 Å². The molecule has 2 rings (SSSR count). The third kappa shape index (κ3) is 3.09. The molecule has 21 heavy (non-hydrogen) atoms. The molecule has 0 amide bonds. The molecule has 1 aromatic carbocycles. The summed E-state index contributed by atoms with van der Waals surface area (Å²) in [5.41, 5.74) is 1.02. The van der Waals surface area contributed by atoms with E-state index in [4.69, 9.17) is 5.73 Å². The monoisotopic (exact) mass is 306 g/mol. The van der Waals surface area contributed by atoms with E-state index in [1.54, 1.807) is 0 Å². The van der Waals surface area contributed by atoms with Crippen LogP contribution in [0.25, 0.3) is 11.3 Å². The molecule has 0 unspecified atom stereocenters. The number of benzene rings is 1. The number of anilines is 1. The summed E-state index contributed by atoms with van der Waals surface area (Å²) in [4.78, 5) is 3.44. The van der Waals surface area contributed by atoms with Gasteiger partial charge in [0.05, 0.1) is 28.7 Å². The number of hydrogen-bond donors (Lipinski definition) is 1. The zero-order valence-electron chi connectivity index (χ0n) is 10.3. The lowest BCUT2D eigenvalue weighted by Crippen LogP contribution is -2.13. The molecule has 0 fully saturated rings. The van der Waals surface area contributed by atoms with Gasteiger partial charge in [0.2, 0.25) is 0 Å². The Balaban J connectivity index is 2.75. The maximum Gasteiger partial charge on any atom is 0.418 e. The highest BCUT2D eigenvalue weighted by Crippen LogP contribution is 2.41. The molecule has 112 valence electrons. The lowest BCUT2D eigenvalue weighted by Gasteiger charge is -2.16. The Bertz CT molecular complexity index is 660. The van der Waals surface area contributed by atoms with Crippen molar-refractivity contribution in [3.63, 3.8) is 0 Å². The lowest BCUT2D eigenvalue weighted by molar-refractivity contribution is -0.139. The highest BCUT2D eigenvalue weighted by atomic mass is 19.4. The minimum atomic E-state index is -4.86. The average molecular weight is 306 g/mol. The fourth-order valence-corrected chi connectivity index (χ4v) is 1.85. The van der Waals surface area contributed by atoms with Gasteiger partial charge < -0.3 is 5.73 Å². The second kappa shape index (κ2) is 4.94. The van der Waals surface area contributed by atoms with E-state index in [0.29, 0.717) is 12.1 Å². The molecule has 8 heteroatoms. The largest absolute Gasteiger partial charge is 0.418 e. The fraction of sp³-hybridized carbons (Fsp3) is 0.154. The first-order valence-electron chi connectivity index (χ1n) is 5.60. The van der Waals surface area contributed by atoms with Gasteiger partial charge in [-0.05, 0) is 12.1 Å². The Morgan fingerprint density at radius 2 is 1.43 bits per heavy atom. The van der Waals surface area contributed by atoms with Gasteiger partial charge in [0.25, 0.3) is 0 Å². The van der Waals surface area contributed by atoms with Crippen molar-refractivity contribution in [2.75, 3.05) is 5.73 Å². The molecular weight excluding hydrogens is 298 g/mol. The van der Waals surface area contributed by atoms with Crippen molar-refractivity contribution in [2.24, 2.45) is 0 Å². The molecule has 0 aliphatic heterocycles. The third-order valence-corrected chi connectivity index (χ3v) is 2.70. The SMILES string of the molecule is Nc1cnc(-c2ccccc2C(F)(F)F)c(C(F)(F)F)c1. The first kappa shape index (κ1) is 15.1. The van der Waals surface area contributed by atoms with E-state index in [9.17, 15) is 26.3 Å². The maximum absolute atomic E-state index is 13.0. The van der Waals surface area contributed by atoms with E-state index in [-0.39, 0.29) is 5.69 Å². The van der Waals surface area contributed by atoms with Crippen LogP contribution in [0.15, 0.2) is 36.5 Å². The quantitative estimate of drug-likeness (QED) is 0.795. The molecule has 0 bridgehead atoms. The molecule has 1 aromatic heterocycles. The Kier molecular flexibility index (Phi) is 3.56. The van der Waals surface area contributed by atoms with Crippen molar-refractivity contribution in [1.29, 1.82) is 0 Å². The second-order valence-electron chi connectivity index (χ2n) is 4.21. The molecule has 0 atom stereocenters. The Labute approximate surface area is 115 Å². The van der Waals surface area contributed by atoms with E-state index in [1.807, 2.05) is 0 Å². The Morgan fingerprint density at radius 3 is 2.00 bits per heavy atom. The van der Waals surface area contributed by atoms with Gasteiger partial charge >= 0.3 is 12.4 Å². The van der Waals surface area contributed by atoms with Crippen molar-refractivity contribution in [2.45, 2.75) is 12.4 Å². The summed E-state index contributed by atoms with van der Waals surface area (Å²) in [7, 11) is 0. The van der Waals surface area contributed by atoms with Gasteiger partial charge in [0, 0.05) is 5.56 Å². The highest BCUT2D eigenvalue weighted by molar-refractivity contribution is 5.69. The molecule has 2 N–H and O–H groups in total. The number of hydrogen-bond acceptors (Lipinski definition) is 2. The molecule has 0 saturated carbocycles. The van der Waals surface area contributed by atoms with E-state index in [2.05, 4.69) is 4.98 Å². The normalized spacial score (nSPS) is 12.5. The zero-order chi connectivity index (χ0) is 15.8. The van der Waals surface area contributed by atoms with E-state index >= 15 is 0 Å². The average Bonchev–Trinajstić information content (AvgIpc) is 2.36. The minimum Gasteiger partial charge on any atom is -0.397 e. The van der Waals surface area contributed by atoms with Crippen LogP contribution < -0.4 is 5.73 Å². The summed E-state index contributed by atoms with van der Waals surface area (Å²) in [5.74, 6) is 0. The summed E-state index contributed by atoms with van der Waals surface area (Å²) in [6.07, 6.45) is -8.77. The maximum atomic E-state index is 13.0. The Morgan fingerprint density at radius 1 is 0.857 bits per heavy atom. The van der Waals surface area contributed by atoms with Crippen molar-refractivity contribution in [3.8, 4) is 11.3 Å². The number of alkyl halides is 6. The van der Waals surface area contributed by atoms with Crippen LogP contribution in [0, 0.1) is 0 Å². The number of nitrogens with zero attached hydrogens (tertiary/aromatic N) is 1. The van der Waals surface area contributed by atoms with Gasteiger partial charge in [-0.3, -0.25) is 4.98 Å². The number of rotatable bonds is 1. The van der Waals surface area contributed by atoms with Crippen LogP contribution >= 0.6 is 0 Å². The zero-order valence-corrected chi connectivity index (χ0v) is 10.3. The number of nitrogens with two attached hydrogens (primary N) is 1. The van der Waals surface area contributed by atoms with Crippen molar-refractivity contribution < 1.29 is 26.3 Å². The van der Waals surface area contributed by atoms with Crippen LogP contribution in [-0.4, -0.2) is 4.98 Å².